The highest BCUT2D eigenvalue weighted by Gasteiger charge is 2.14. The zero-order chi connectivity index (χ0) is 12.3. The summed E-state index contributed by atoms with van der Waals surface area (Å²) < 4.78 is 0. The first-order chi connectivity index (χ1) is 7.49. The predicted molar refractivity (Wildman–Crippen MR) is 72.7 cm³/mol. The monoisotopic (exact) mass is 236 g/mol. The molecular weight excluding hydrogens is 216 g/mol. The molecule has 0 unspecified atom stereocenters. The third kappa shape index (κ3) is 2.67. The maximum atomic E-state index is 12.1. The van der Waals surface area contributed by atoms with Gasteiger partial charge in [-0.15, -0.1) is 0 Å². The Morgan fingerprint density at radius 1 is 1.12 bits per heavy atom. The van der Waals surface area contributed by atoms with Crippen LogP contribution in [0.1, 0.15) is 39.0 Å². The number of carbonyl (C=O) groups is 1. The fourth-order valence-corrected chi connectivity index (χ4v) is 2.34. The molecule has 0 spiro atoms. The van der Waals surface area contributed by atoms with E-state index in [9.17, 15) is 4.79 Å². The zero-order valence-corrected chi connectivity index (χ0v) is 11.6. The number of ketones is 1. The lowest BCUT2D eigenvalue weighted by Gasteiger charge is -2.14. The van der Waals surface area contributed by atoms with Crippen LogP contribution >= 0.6 is 11.8 Å². The third-order valence-electron chi connectivity index (χ3n) is 3.18. The van der Waals surface area contributed by atoms with E-state index in [2.05, 4.69) is 19.9 Å². The van der Waals surface area contributed by atoms with Gasteiger partial charge < -0.3 is 0 Å². The van der Waals surface area contributed by atoms with Gasteiger partial charge >= 0.3 is 0 Å². The van der Waals surface area contributed by atoms with E-state index < -0.39 is 0 Å². The second kappa shape index (κ2) is 5.53. The molecule has 0 saturated heterocycles. The number of benzene rings is 1. The lowest BCUT2D eigenvalue weighted by atomic mass is 9.91. The fourth-order valence-electron chi connectivity index (χ4n) is 1.95. The molecule has 1 aromatic carbocycles. The molecule has 0 aliphatic rings. The van der Waals surface area contributed by atoms with E-state index in [-0.39, 0.29) is 5.78 Å². The molecule has 0 aromatic heterocycles. The van der Waals surface area contributed by atoms with Crippen molar-refractivity contribution in [2.75, 3.05) is 12.0 Å². The molecule has 0 bridgehead atoms. The molecule has 0 radical (unpaired) electrons. The van der Waals surface area contributed by atoms with Crippen LogP contribution in [0.15, 0.2) is 6.07 Å². The van der Waals surface area contributed by atoms with Gasteiger partial charge in [-0.25, -0.2) is 0 Å². The Kier molecular flexibility index (Phi) is 4.60. The van der Waals surface area contributed by atoms with Crippen LogP contribution in [0, 0.1) is 27.7 Å². The average molecular weight is 236 g/mol. The maximum absolute atomic E-state index is 12.1. The summed E-state index contributed by atoms with van der Waals surface area (Å²) in [4.78, 5) is 12.1. The van der Waals surface area contributed by atoms with Gasteiger partial charge in [0.15, 0.2) is 5.78 Å². The summed E-state index contributed by atoms with van der Waals surface area (Å²) in [6.45, 7) is 8.25. The molecule has 0 saturated carbocycles. The van der Waals surface area contributed by atoms with E-state index in [1.165, 1.54) is 11.1 Å². The van der Waals surface area contributed by atoms with Crippen LogP contribution < -0.4 is 0 Å². The van der Waals surface area contributed by atoms with Gasteiger partial charge in [0, 0.05) is 17.7 Å². The predicted octanol–water partition coefficient (Wildman–Crippen LogP) is 3.86. The Morgan fingerprint density at radius 3 is 2.06 bits per heavy atom. The highest BCUT2D eigenvalue weighted by atomic mass is 32.2. The Bertz CT molecular complexity index is 381. The van der Waals surface area contributed by atoms with Crippen molar-refractivity contribution < 1.29 is 4.79 Å². The molecule has 0 fully saturated rings. The fraction of sp³-hybridized carbons (Fsp3) is 0.500. The lowest BCUT2D eigenvalue weighted by molar-refractivity contribution is 0.0988. The van der Waals surface area contributed by atoms with Gasteiger partial charge in [0.2, 0.25) is 0 Å². The Labute approximate surface area is 103 Å². The number of hydrogen-bond acceptors (Lipinski definition) is 2. The molecule has 0 amide bonds. The van der Waals surface area contributed by atoms with E-state index >= 15 is 0 Å². The topological polar surface area (TPSA) is 17.1 Å². The lowest BCUT2D eigenvalue weighted by Crippen LogP contribution is -2.08. The zero-order valence-electron chi connectivity index (χ0n) is 10.8. The average Bonchev–Trinajstić information content (AvgIpc) is 2.24. The summed E-state index contributed by atoms with van der Waals surface area (Å²) in [6, 6.07) is 2.16. The molecule has 0 aliphatic carbocycles. The van der Waals surface area contributed by atoms with Crippen LogP contribution in [0.4, 0.5) is 0 Å². The molecule has 1 aromatic rings. The smallest absolute Gasteiger partial charge is 0.164 e. The van der Waals surface area contributed by atoms with Gasteiger partial charge in [0.05, 0.1) is 0 Å². The van der Waals surface area contributed by atoms with E-state index in [0.717, 1.165) is 22.4 Å². The van der Waals surface area contributed by atoms with Crippen LogP contribution in [0.2, 0.25) is 0 Å². The van der Waals surface area contributed by atoms with Gasteiger partial charge in [-0.1, -0.05) is 6.07 Å². The van der Waals surface area contributed by atoms with Crippen molar-refractivity contribution in [1.29, 1.82) is 0 Å². The molecular formula is C14H20OS. The van der Waals surface area contributed by atoms with Crippen LogP contribution in [-0.2, 0) is 0 Å². The molecule has 0 atom stereocenters. The number of hydrogen-bond donors (Lipinski definition) is 0. The second-order valence-electron chi connectivity index (χ2n) is 4.30. The number of thioether (sulfide) groups is 1. The summed E-state index contributed by atoms with van der Waals surface area (Å²) in [5.74, 6) is 1.20. The maximum Gasteiger partial charge on any atom is 0.164 e. The SMILES string of the molecule is CSCCC(=O)c1c(C)c(C)cc(C)c1C. The summed E-state index contributed by atoms with van der Waals surface area (Å²) in [7, 11) is 0. The molecule has 16 heavy (non-hydrogen) atoms. The summed E-state index contributed by atoms with van der Waals surface area (Å²) in [6.07, 6.45) is 2.68. The number of Topliss-reactive ketones (excluding diaryl/α,β-unsaturated/α-hetero) is 1. The standard InChI is InChI=1S/C14H20OS/c1-9-8-10(2)12(4)14(11(9)3)13(15)6-7-16-5/h8H,6-7H2,1-5H3. The van der Waals surface area contributed by atoms with Crippen LogP contribution in [0.3, 0.4) is 0 Å². The first-order valence-corrected chi connectivity index (χ1v) is 6.98. The molecule has 0 N–H and O–H groups in total. The minimum atomic E-state index is 0.288. The third-order valence-corrected chi connectivity index (χ3v) is 3.79. The van der Waals surface area contributed by atoms with Crippen molar-refractivity contribution in [1.82, 2.24) is 0 Å². The normalized spacial score (nSPS) is 10.6. The highest BCUT2D eigenvalue weighted by molar-refractivity contribution is 7.98. The first kappa shape index (κ1) is 13.3. The quantitative estimate of drug-likeness (QED) is 0.738. The molecule has 0 heterocycles. The number of aryl methyl sites for hydroxylation is 2. The van der Waals surface area contributed by atoms with Crippen LogP contribution in [-0.4, -0.2) is 17.8 Å². The van der Waals surface area contributed by atoms with Gasteiger partial charge in [0.1, 0.15) is 0 Å². The van der Waals surface area contributed by atoms with Gasteiger partial charge in [-0.2, -0.15) is 11.8 Å². The van der Waals surface area contributed by atoms with Crippen molar-refractivity contribution in [3.05, 3.63) is 33.9 Å². The van der Waals surface area contributed by atoms with Crippen LogP contribution in [0.5, 0.6) is 0 Å². The number of rotatable bonds is 4. The molecule has 88 valence electrons. The van der Waals surface area contributed by atoms with E-state index in [0.29, 0.717) is 6.42 Å². The van der Waals surface area contributed by atoms with Crippen LogP contribution in [0.25, 0.3) is 0 Å². The first-order valence-electron chi connectivity index (χ1n) is 5.58. The number of carbonyl (C=O) groups excluding carboxylic acids is 1. The largest absolute Gasteiger partial charge is 0.294 e. The van der Waals surface area contributed by atoms with Crippen molar-refractivity contribution >= 4 is 17.5 Å². The minimum Gasteiger partial charge on any atom is -0.294 e. The van der Waals surface area contributed by atoms with Crippen molar-refractivity contribution in [3.63, 3.8) is 0 Å². The second-order valence-corrected chi connectivity index (χ2v) is 5.29. The van der Waals surface area contributed by atoms with Gasteiger partial charge in [0.25, 0.3) is 0 Å². The highest BCUT2D eigenvalue weighted by Crippen LogP contribution is 2.23. The molecule has 2 heteroatoms. The molecule has 0 aliphatic heterocycles. The summed E-state index contributed by atoms with van der Waals surface area (Å²) in [5.41, 5.74) is 5.68. The Morgan fingerprint density at radius 2 is 1.62 bits per heavy atom. The van der Waals surface area contributed by atoms with E-state index in [1.54, 1.807) is 11.8 Å². The van der Waals surface area contributed by atoms with E-state index in [1.807, 2.05) is 20.1 Å². The minimum absolute atomic E-state index is 0.288. The summed E-state index contributed by atoms with van der Waals surface area (Å²) in [5, 5.41) is 0. The van der Waals surface area contributed by atoms with Gasteiger partial charge in [-0.3, -0.25) is 4.79 Å². The van der Waals surface area contributed by atoms with E-state index in [4.69, 9.17) is 0 Å². The summed E-state index contributed by atoms with van der Waals surface area (Å²) >= 11 is 1.72. The molecule has 1 rings (SSSR count). The Hall–Kier alpha value is -0.760. The Balaban J connectivity index is 3.16. The van der Waals surface area contributed by atoms with Crippen molar-refractivity contribution in [2.24, 2.45) is 0 Å². The van der Waals surface area contributed by atoms with Crippen molar-refractivity contribution in [2.45, 2.75) is 34.1 Å². The van der Waals surface area contributed by atoms with Crippen molar-refractivity contribution in [3.8, 4) is 0 Å². The van der Waals surface area contributed by atoms with Gasteiger partial charge in [-0.05, 0) is 56.2 Å². The molecule has 1 nitrogen and oxygen atoms in total.